The summed E-state index contributed by atoms with van der Waals surface area (Å²) in [6, 6.07) is 3.34. The van der Waals surface area contributed by atoms with Crippen molar-refractivity contribution in [1.82, 2.24) is 0 Å². The largest absolute Gasteiger partial charge is 0.478 e. The minimum absolute atomic E-state index is 0.112. The first-order chi connectivity index (χ1) is 8.40. The van der Waals surface area contributed by atoms with Crippen LogP contribution in [0, 0.1) is 6.92 Å². The van der Waals surface area contributed by atoms with E-state index in [1.54, 1.807) is 19.1 Å². The molecule has 0 spiro atoms. The van der Waals surface area contributed by atoms with E-state index in [2.05, 4.69) is 15.9 Å². The number of carboxylic acid groups (broad SMARTS) is 1. The van der Waals surface area contributed by atoms with Gasteiger partial charge >= 0.3 is 5.97 Å². The first-order valence-electron chi connectivity index (χ1n) is 5.38. The highest BCUT2D eigenvalue weighted by molar-refractivity contribution is 9.10. The van der Waals surface area contributed by atoms with E-state index in [1.807, 2.05) is 0 Å². The smallest absolute Gasteiger partial charge is 0.337 e. The van der Waals surface area contributed by atoms with E-state index in [-0.39, 0.29) is 23.3 Å². The highest BCUT2D eigenvalue weighted by Crippen LogP contribution is 2.35. The summed E-state index contributed by atoms with van der Waals surface area (Å²) in [5.74, 6) is -1.21. The van der Waals surface area contributed by atoms with Gasteiger partial charge in [0.2, 0.25) is 5.91 Å². The minimum Gasteiger partial charge on any atom is -0.478 e. The van der Waals surface area contributed by atoms with Crippen LogP contribution < -0.4 is 4.90 Å². The Morgan fingerprint density at radius 1 is 1.56 bits per heavy atom. The second-order valence-electron chi connectivity index (χ2n) is 4.25. The maximum absolute atomic E-state index is 11.8. The average molecular weight is 333 g/mol. The number of rotatable bonds is 2. The molecule has 0 bridgehead atoms. The molecule has 1 aromatic carbocycles. The molecule has 4 nitrogen and oxygen atoms in total. The summed E-state index contributed by atoms with van der Waals surface area (Å²) in [7, 11) is 0. The first kappa shape index (κ1) is 13.4. The molecule has 1 saturated heterocycles. The van der Waals surface area contributed by atoms with Crippen molar-refractivity contribution in [3.63, 3.8) is 0 Å². The van der Waals surface area contributed by atoms with Gasteiger partial charge in [-0.25, -0.2) is 4.79 Å². The number of carbonyl (C=O) groups is 2. The summed E-state index contributed by atoms with van der Waals surface area (Å²) in [4.78, 5) is 24.5. The van der Waals surface area contributed by atoms with Crippen molar-refractivity contribution in [2.75, 3.05) is 11.4 Å². The molecule has 1 fully saturated rings. The van der Waals surface area contributed by atoms with E-state index in [9.17, 15) is 14.7 Å². The number of carbonyl (C=O) groups excluding carboxylic acids is 1. The zero-order valence-corrected chi connectivity index (χ0v) is 12.0. The Bertz CT molecular complexity index is 532. The number of aryl methyl sites for hydroxylation is 1. The molecule has 0 aliphatic carbocycles. The number of amides is 1. The molecule has 96 valence electrons. The number of halogens is 2. The number of nitrogens with zero attached hydrogens (tertiary/aromatic N) is 1. The maximum atomic E-state index is 11.8. The van der Waals surface area contributed by atoms with Gasteiger partial charge in [-0.3, -0.25) is 4.79 Å². The molecule has 1 amide bonds. The van der Waals surface area contributed by atoms with Crippen LogP contribution >= 0.6 is 27.5 Å². The van der Waals surface area contributed by atoms with Crippen LogP contribution in [0.5, 0.6) is 0 Å². The molecule has 2 rings (SSSR count). The molecule has 1 N–H and O–H groups in total. The summed E-state index contributed by atoms with van der Waals surface area (Å²) in [6.07, 6.45) is 0.237. The maximum Gasteiger partial charge on any atom is 0.337 e. The van der Waals surface area contributed by atoms with Gasteiger partial charge in [0.25, 0.3) is 0 Å². The average Bonchev–Trinajstić information content (AvgIpc) is 2.56. The number of anilines is 1. The predicted octanol–water partition coefficient (Wildman–Crippen LogP) is 2.80. The molecule has 18 heavy (non-hydrogen) atoms. The van der Waals surface area contributed by atoms with E-state index >= 15 is 0 Å². The van der Waals surface area contributed by atoms with Gasteiger partial charge in [-0.15, -0.1) is 11.6 Å². The zero-order valence-electron chi connectivity index (χ0n) is 9.61. The monoisotopic (exact) mass is 331 g/mol. The fraction of sp³-hybridized carbons (Fsp3) is 0.333. The van der Waals surface area contributed by atoms with Crippen LogP contribution in [0.25, 0.3) is 0 Å². The third kappa shape index (κ3) is 2.37. The van der Waals surface area contributed by atoms with Crippen LogP contribution in [0.1, 0.15) is 22.3 Å². The van der Waals surface area contributed by atoms with Gasteiger partial charge in [-0.2, -0.15) is 0 Å². The lowest BCUT2D eigenvalue weighted by Gasteiger charge is -2.20. The number of carboxylic acids is 1. The summed E-state index contributed by atoms with van der Waals surface area (Å²) in [5, 5.41) is 8.96. The Hall–Kier alpha value is -1.07. The van der Waals surface area contributed by atoms with Crippen molar-refractivity contribution < 1.29 is 14.7 Å². The molecule has 1 aliphatic rings. The van der Waals surface area contributed by atoms with E-state index in [0.29, 0.717) is 16.7 Å². The molecule has 1 aliphatic heterocycles. The number of aromatic carboxylic acids is 1. The van der Waals surface area contributed by atoms with E-state index in [4.69, 9.17) is 11.6 Å². The van der Waals surface area contributed by atoms with Gasteiger partial charge in [-0.05, 0) is 40.5 Å². The number of benzene rings is 1. The Morgan fingerprint density at radius 2 is 2.22 bits per heavy atom. The predicted molar refractivity (Wildman–Crippen MR) is 72.4 cm³/mol. The van der Waals surface area contributed by atoms with Crippen molar-refractivity contribution in [1.29, 1.82) is 0 Å². The van der Waals surface area contributed by atoms with Crippen molar-refractivity contribution >= 4 is 45.1 Å². The van der Waals surface area contributed by atoms with Crippen LogP contribution in [0.2, 0.25) is 0 Å². The lowest BCUT2D eigenvalue weighted by molar-refractivity contribution is -0.117. The highest BCUT2D eigenvalue weighted by Gasteiger charge is 2.33. The molecule has 1 unspecified atom stereocenters. The molecular formula is C12H11BrClNO3. The highest BCUT2D eigenvalue weighted by atomic mass is 79.9. The van der Waals surface area contributed by atoms with Gasteiger partial charge in [0.05, 0.1) is 16.6 Å². The van der Waals surface area contributed by atoms with Crippen LogP contribution in [0.15, 0.2) is 16.6 Å². The zero-order chi connectivity index (χ0) is 13.4. The molecule has 1 heterocycles. The van der Waals surface area contributed by atoms with E-state index in [0.717, 1.165) is 5.56 Å². The lowest BCUT2D eigenvalue weighted by Crippen LogP contribution is -2.27. The Balaban J connectivity index is 2.56. The standard InChI is InChI=1S/C12H11BrClNO3/c1-6-2-8(12(17)18)11(9(13)3-6)15-5-7(14)4-10(15)16/h2-3,7H,4-5H2,1H3,(H,17,18). The summed E-state index contributed by atoms with van der Waals surface area (Å²) < 4.78 is 0.596. The van der Waals surface area contributed by atoms with Crippen LogP contribution in [0.3, 0.4) is 0 Å². The first-order valence-corrected chi connectivity index (χ1v) is 6.61. The van der Waals surface area contributed by atoms with Crippen molar-refractivity contribution in [3.8, 4) is 0 Å². The Labute approximate surface area is 118 Å². The third-order valence-electron chi connectivity index (χ3n) is 2.79. The Morgan fingerprint density at radius 3 is 2.72 bits per heavy atom. The molecule has 1 atom stereocenters. The van der Waals surface area contributed by atoms with Gasteiger partial charge in [0.15, 0.2) is 0 Å². The van der Waals surface area contributed by atoms with E-state index in [1.165, 1.54) is 4.90 Å². The fourth-order valence-corrected chi connectivity index (χ4v) is 3.11. The second-order valence-corrected chi connectivity index (χ2v) is 5.73. The van der Waals surface area contributed by atoms with Crippen molar-refractivity contribution in [3.05, 3.63) is 27.7 Å². The SMILES string of the molecule is Cc1cc(Br)c(N2CC(Cl)CC2=O)c(C(=O)O)c1. The molecule has 1 aromatic rings. The van der Waals surface area contributed by atoms with Crippen LogP contribution in [-0.4, -0.2) is 28.9 Å². The summed E-state index contributed by atoms with van der Waals surface area (Å²) >= 11 is 9.27. The molecule has 0 aromatic heterocycles. The van der Waals surface area contributed by atoms with Gasteiger partial charge < -0.3 is 10.0 Å². The van der Waals surface area contributed by atoms with Crippen molar-refractivity contribution in [2.24, 2.45) is 0 Å². The third-order valence-corrected chi connectivity index (χ3v) is 3.68. The minimum atomic E-state index is -1.06. The quantitative estimate of drug-likeness (QED) is 0.847. The molecule has 0 saturated carbocycles. The van der Waals surface area contributed by atoms with Crippen LogP contribution in [-0.2, 0) is 4.79 Å². The molecular weight excluding hydrogens is 321 g/mol. The second kappa shape index (κ2) is 4.90. The molecule has 6 heteroatoms. The van der Waals surface area contributed by atoms with Gasteiger partial charge in [-0.1, -0.05) is 0 Å². The van der Waals surface area contributed by atoms with Gasteiger partial charge in [0.1, 0.15) is 0 Å². The number of hydrogen-bond donors (Lipinski definition) is 1. The van der Waals surface area contributed by atoms with Gasteiger partial charge in [0, 0.05) is 17.4 Å². The number of alkyl halides is 1. The molecule has 0 radical (unpaired) electrons. The van der Waals surface area contributed by atoms with Crippen molar-refractivity contribution in [2.45, 2.75) is 18.7 Å². The normalized spacial score (nSPS) is 19.4. The van der Waals surface area contributed by atoms with Crippen LogP contribution in [0.4, 0.5) is 5.69 Å². The number of hydrogen-bond acceptors (Lipinski definition) is 2. The van der Waals surface area contributed by atoms with E-state index < -0.39 is 5.97 Å². The lowest BCUT2D eigenvalue weighted by atomic mass is 10.1. The Kier molecular flexibility index (Phi) is 3.64. The summed E-state index contributed by atoms with van der Waals surface area (Å²) in [5.41, 5.74) is 1.32. The fourth-order valence-electron chi connectivity index (χ4n) is 2.05. The summed E-state index contributed by atoms with van der Waals surface area (Å²) in [6.45, 7) is 2.14. The topological polar surface area (TPSA) is 57.6 Å².